The number of methoxy groups -OCH3 is 1. The molecule has 1 aliphatic heterocycles. The maximum Gasteiger partial charge on any atom is 0.253 e. The van der Waals surface area contributed by atoms with Crippen LogP contribution in [0.1, 0.15) is 36.2 Å². The van der Waals surface area contributed by atoms with Gasteiger partial charge in [0, 0.05) is 18.7 Å². The predicted molar refractivity (Wildman–Crippen MR) is 83.2 cm³/mol. The second kappa shape index (κ2) is 6.19. The molecule has 4 heteroatoms. The minimum atomic E-state index is 0.0547. The molecule has 112 valence electrons. The lowest BCUT2D eigenvalue weighted by molar-refractivity contribution is 0.0778. The summed E-state index contributed by atoms with van der Waals surface area (Å²) >= 11 is 0. The van der Waals surface area contributed by atoms with Gasteiger partial charge in [0.1, 0.15) is 5.75 Å². The van der Waals surface area contributed by atoms with Crippen LogP contribution in [-0.2, 0) is 0 Å². The van der Waals surface area contributed by atoms with Gasteiger partial charge in [0.2, 0.25) is 0 Å². The van der Waals surface area contributed by atoms with Crippen LogP contribution in [0.25, 0.3) is 0 Å². The smallest absolute Gasteiger partial charge is 0.253 e. The van der Waals surface area contributed by atoms with Crippen molar-refractivity contribution in [2.75, 3.05) is 26.7 Å². The van der Waals surface area contributed by atoms with Crippen LogP contribution in [0.5, 0.6) is 5.75 Å². The van der Waals surface area contributed by atoms with Gasteiger partial charge in [0.25, 0.3) is 5.91 Å². The molecule has 0 bridgehead atoms. The Morgan fingerprint density at radius 2 is 2.24 bits per heavy atom. The van der Waals surface area contributed by atoms with Gasteiger partial charge in [-0.1, -0.05) is 25.7 Å². The molecule has 1 aromatic carbocycles. The minimum Gasteiger partial charge on any atom is -0.495 e. The Bertz CT molecular complexity index is 597. The molecular weight excluding hydrogens is 264 g/mol. The van der Waals surface area contributed by atoms with Crippen LogP contribution in [0, 0.1) is 17.3 Å². The maximum absolute atomic E-state index is 12.6. The highest BCUT2D eigenvalue weighted by atomic mass is 16.5. The molecule has 1 amide bonds. The van der Waals surface area contributed by atoms with Gasteiger partial charge in [-0.2, -0.15) is 0 Å². The summed E-state index contributed by atoms with van der Waals surface area (Å²) in [5.41, 5.74) is 6.95. The standard InChI is InChI=1S/C17H22N2O2/c1-17(2)8-10-19(12-17)16(20)14-6-7-15(21-3)13(11-14)5-4-9-18/h6-7,11H,8-10,12,18H2,1-3H3. The number of rotatable bonds is 2. The normalized spacial score (nSPS) is 16.3. The van der Waals surface area contributed by atoms with E-state index in [1.807, 2.05) is 4.90 Å². The summed E-state index contributed by atoms with van der Waals surface area (Å²) in [6.07, 6.45) is 1.04. The second-order valence-corrected chi connectivity index (χ2v) is 6.06. The van der Waals surface area contributed by atoms with E-state index in [9.17, 15) is 4.79 Å². The summed E-state index contributed by atoms with van der Waals surface area (Å²) in [6, 6.07) is 5.37. The molecule has 1 heterocycles. The number of benzene rings is 1. The first-order valence-electron chi connectivity index (χ1n) is 7.13. The van der Waals surface area contributed by atoms with Crippen molar-refractivity contribution < 1.29 is 9.53 Å². The number of nitrogens with zero attached hydrogens (tertiary/aromatic N) is 1. The zero-order chi connectivity index (χ0) is 15.5. The summed E-state index contributed by atoms with van der Waals surface area (Å²) < 4.78 is 5.27. The Balaban J connectivity index is 2.26. The maximum atomic E-state index is 12.6. The van der Waals surface area contributed by atoms with Crippen LogP contribution >= 0.6 is 0 Å². The Morgan fingerprint density at radius 3 is 2.81 bits per heavy atom. The van der Waals surface area contributed by atoms with Gasteiger partial charge in [-0.15, -0.1) is 0 Å². The van der Waals surface area contributed by atoms with Crippen LogP contribution in [0.15, 0.2) is 18.2 Å². The molecule has 4 nitrogen and oxygen atoms in total. The molecule has 1 saturated heterocycles. The lowest BCUT2D eigenvalue weighted by Gasteiger charge is -2.20. The topological polar surface area (TPSA) is 55.6 Å². The molecule has 0 radical (unpaired) electrons. The van der Waals surface area contributed by atoms with Crippen molar-refractivity contribution in [2.24, 2.45) is 11.1 Å². The number of hydrogen-bond donors (Lipinski definition) is 1. The number of nitrogens with two attached hydrogens (primary N) is 1. The summed E-state index contributed by atoms with van der Waals surface area (Å²) in [6.45, 7) is 6.25. The molecule has 0 spiro atoms. The third-order valence-electron chi connectivity index (χ3n) is 3.74. The van der Waals surface area contributed by atoms with E-state index in [2.05, 4.69) is 25.7 Å². The minimum absolute atomic E-state index is 0.0547. The molecule has 0 unspecified atom stereocenters. The van der Waals surface area contributed by atoms with E-state index in [0.717, 1.165) is 19.5 Å². The summed E-state index contributed by atoms with van der Waals surface area (Å²) in [7, 11) is 1.59. The first kappa shape index (κ1) is 15.4. The van der Waals surface area contributed by atoms with Crippen molar-refractivity contribution in [3.05, 3.63) is 29.3 Å². The highest BCUT2D eigenvalue weighted by Crippen LogP contribution is 2.30. The highest BCUT2D eigenvalue weighted by molar-refractivity contribution is 5.95. The molecule has 21 heavy (non-hydrogen) atoms. The quantitative estimate of drug-likeness (QED) is 0.845. The monoisotopic (exact) mass is 286 g/mol. The van der Waals surface area contributed by atoms with E-state index in [1.165, 1.54) is 0 Å². The number of carbonyl (C=O) groups is 1. The van der Waals surface area contributed by atoms with Gasteiger partial charge >= 0.3 is 0 Å². The fraction of sp³-hybridized carbons (Fsp3) is 0.471. The number of hydrogen-bond acceptors (Lipinski definition) is 3. The van der Waals surface area contributed by atoms with Crippen LogP contribution in [0.3, 0.4) is 0 Å². The summed E-state index contributed by atoms with van der Waals surface area (Å²) in [4.78, 5) is 14.5. The van der Waals surface area contributed by atoms with Crippen LogP contribution in [0.2, 0.25) is 0 Å². The van der Waals surface area contributed by atoms with Gasteiger partial charge in [-0.25, -0.2) is 0 Å². The fourth-order valence-electron chi connectivity index (χ4n) is 2.55. The molecule has 2 rings (SSSR count). The van der Waals surface area contributed by atoms with Gasteiger partial charge in [-0.3, -0.25) is 4.79 Å². The van der Waals surface area contributed by atoms with Crippen LogP contribution < -0.4 is 10.5 Å². The molecule has 1 aromatic rings. The third kappa shape index (κ3) is 3.56. The van der Waals surface area contributed by atoms with Gasteiger partial charge in [0.05, 0.1) is 19.2 Å². The van der Waals surface area contributed by atoms with Crippen LogP contribution in [0.4, 0.5) is 0 Å². The first-order chi connectivity index (χ1) is 9.96. The lowest BCUT2D eigenvalue weighted by Crippen LogP contribution is -2.30. The molecule has 0 aliphatic carbocycles. The van der Waals surface area contributed by atoms with E-state index >= 15 is 0 Å². The van der Waals surface area contributed by atoms with E-state index in [0.29, 0.717) is 16.9 Å². The van der Waals surface area contributed by atoms with Crippen molar-refractivity contribution in [1.29, 1.82) is 0 Å². The van der Waals surface area contributed by atoms with Crippen LogP contribution in [-0.4, -0.2) is 37.6 Å². The lowest BCUT2D eigenvalue weighted by atomic mass is 9.93. The van der Waals surface area contributed by atoms with Gasteiger partial charge in [-0.05, 0) is 30.0 Å². The Kier molecular flexibility index (Phi) is 4.54. The summed E-state index contributed by atoms with van der Waals surface area (Å²) in [5, 5.41) is 0. The largest absolute Gasteiger partial charge is 0.495 e. The Morgan fingerprint density at radius 1 is 1.48 bits per heavy atom. The molecule has 2 N–H and O–H groups in total. The Labute approximate surface area is 126 Å². The van der Waals surface area contributed by atoms with Crippen molar-refractivity contribution >= 4 is 5.91 Å². The zero-order valence-corrected chi connectivity index (χ0v) is 12.9. The zero-order valence-electron chi connectivity index (χ0n) is 12.9. The number of carbonyl (C=O) groups excluding carboxylic acids is 1. The van der Waals surface area contributed by atoms with E-state index in [4.69, 9.17) is 10.5 Å². The molecular formula is C17H22N2O2. The number of likely N-dealkylation sites (tertiary alicyclic amines) is 1. The van der Waals surface area contributed by atoms with Crippen molar-refractivity contribution in [2.45, 2.75) is 20.3 Å². The van der Waals surface area contributed by atoms with Crippen molar-refractivity contribution in [1.82, 2.24) is 4.90 Å². The molecule has 1 aliphatic rings. The number of amides is 1. The predicted octanol–water partition coefficient (Wildman–Crippen LogP) is 1.88. The van der Waals surface area contributed by atoms with Gasteiger partial charge < -0.3 is 15.4 Å². The van der Waals surface area contributed by atoms with Crippen molar-refractivity contribution in [3.8, 4) is 17.6 Å². The Hall–Kier alpha value is -1.99. The fourth-order valence-corrected chi connectivity index (χ4v) is 2.55. The highest BCUT2D eigenvalue weighted by Gasteiger charge is 2.32. The van der Waals surface area contributed by atoms with Gasteiger partial charge in [0.15, 0.2) is 0 Å². The summed E-state index contributed by atoms with van der Waals surface area (Å²) in [5.74, 6) is 6.47. The molecule has 0 aromatic heterocycles. The van der Waals surface area contributed by atoms with E-state index in [-0.39, 0.29) is 17.9 Å². The van der Waals surface area contributed by atoms with Crippen molar-refractivity contribution in [3.63, 3.8) is 0 Å². The second-order valence-electron chi connectivity index (χ2n) is 6.06. The third-order valence-corrected chi connectivity index (χ3v) is 3.74. The van der Waals surface area contributed by atoms with E-state index in [1.54, 1.807) is 25.3 Å². The number of ether oxygens (including phenoxy) is 1. The average molecular weight is 286 g/mol. The van der Waals surface area contributed by atoms with E-state index < -0.39 is 0 Å². The SMILES string of the molecule is COc1ccc(C(=O)N2CCC(C)(C)C2)cc1C#CCN. The molecule has 0 saturated carbocycles. The first-order valence-corrected chi connectivity index (χ1v) is 7.13. The molecule has 0 atom stereocenters. The molecule has 1 fully saturated rings. The average Bonchev–Trinajstić information content (AvgIpc) is 2.84.